The molecule has 1 aromatic heterocycles. The van der Waals surface area contributed by atoms with E-state index in [9.17, 15) is 0 Å². The average molecular weight is 348 g/mol. The second-order valence-electron chi connectivity index (χ2n) is 5.50. The molecule has 4 rings (SSSR count). The fraction of sp³-hybridized carbons (Fsp3) is 0.100. The second kappa shape index (κ2) is 6.99. The maximum atomic E-state index is 5.81. The quantitative estimate of drug-likeness (QED) is 0.464. The molecular formula is C20H16N2O2S. The van der Waals surface area contributed by atoms with Crippen LogP contribution in [0, 0.1) is 0 Å². The van der Waals surface area contributed by atoms with Gasteiger partial charge in [-0.1, -0.05) is 66.4 Å². The van der Waals surface area contributed by atoms with Crippen molar-refractivity contribution in [1.82, 2.24) is 10.2 Å². The predicted octanol–water partition coefficient (Wildman–Crippen LogP) is 5.19. The minimum Gasteiger partial charge on any atom is -0.496 e. The smallest absolute Gasteiger partial charge is 0.277 e. The number of fused-ring (bicyclic) bond motifs is 1. The number of methoxy groups -OCH3 is 1. The highest BCUT2D eigenvalue weighted by Crippen LogP contribution is 2.32. The Balaban J connectivity index is 1.55. The Morgan fingerprint density at radius 3 is 2.64 bits per heavy atom. The third-order valence-electron chi connectivity index (χ3n) is 3.97. The van der Waals surface area contributed by atoms with Gasteiger partial charge < -0.3 is 9.15 Å². The Kier molecular flexibility index (Phi) is 4.39. The van der Waals surface area contributed by atoms with Crippen LogP contribution in [0.1, 0.15) is 5.56 Å². The van der Waals surface area contributed by atoms with Gasteiger partial charge in [0.1, 0.15) is 5.75 Å². The van der Waals surface area contributed by atoms with E-state index in [1.54, 1.807) is 7.11 Å². The van der Waals surface area contributed by atoms with Gasteiger partial charge in [-0.2, -0.15) is 0 Å². The number of hydrogen-bond acceptors (Lipinski definition) is 5. The summed E-state index contributed by atoms with van der Waals surface area (Å²) in [6.07, 6.45) is 0. The summed E-state index contributed by atoms with van der Waals surface area (Å²) < 4.78 is 11.2. The highest BCUT2D eigenvalue weighted by molar-refractivity contribution is 7.98. The highest BCUT2D eigenvalue weighted by atomic mass is 32.2. The Bertz CT molecular complexity index is 1010. The molecule has 0 aliphatic rings. The van der Waals surface area contributed by atoms with E-state index < -0.39 is 0 Å². The van der Waals surface area contributed by atoms with Crippen molar-refractivity contribution in [3.05, 3.63) is 72.3 Å². The number of ether oxygens (including phenoxy) is 1. The van der Waals surface area contributed by atoms with Gasteiger partial charge in [-0.15, -0.1) is 10.2 Å². The molecule has 0 aliphatic heterocycles. The van der Waals surface area contributed by atoms with Crippen molar-refractivity contribution in [2.45, 2.75) is 11.0 Å². The minimum absolute atomic E-state index is 0.470. The number of para-hydroxylation sites is 1. The lowest BCUT2D eigenvalue weighted by molar-refractivity contribution is 0.411. The summed E-state index contributed by atoms with van der Waals surface area (Å²) in [5.74, 6) is 1.96. The van der Waals surface area contributed by atoms with E-state index in [2.05, 4.69) is 52.7 Å². The molecule has 5 heteroatoms. The molecule has 0 atom stereocenters. The Morgan fingerprint density at radius 1 is 0.920 bits per heavy atom. The second-order valence-corrected chi connectivity index (χ2v) is 6.43. The zero-order valence-electron chi connectivity index (χ0n) is 13.7. The zero-order chi connectivity index (χ0) is 17.1. The number of hydrogen-bond donors (Lipinski definition) is 0. The molecule has 0 bridgehead atoms. The van der Waals surface area contributed by atoms with E-state index in [1.807, 2.05) is 24.3 Å². The standard InChI is InChI=1S/C20H16N2O2S/c1-23-18-12-5-4-11-17(18)19-21-22-20(24-19)25-13-15-9-6-8-14-7-2-3-10-16(14)15/h2-12H,13H2,1H3. The third-order valence-corrected chi connectivity index (χ3v) is 4.84. The van der Waals surface area contributed by atoms with Gasteiger partial charge in [0.25, 0.3) is 11.1 Å². The molecule has 4 nitrogen and oxygen atoms in total. The summed E-state index contributed by atoms with van der Waals surface area (Å²) in [4.78, 5) is 0. The third kappa shape index (κ3) is 3.23. The minimum atomic E-state index is 0.470. The SMILES string of the molecule is COc1ccccc1-c1nnc(SCc2cccc3ccccc23)o1. The van der Waals surface area contributed by atoms with Crippen molar-refractivity contribution in [2.75, 3.05) is 7.11 Å². The first-order chi connectivity index (χ1) is 12.3. The molecule has 4 aromatic rings. The van der Waals surface area contributed by atoms with Crippen molar-refractivity contribution in [1.29, 1.82) is 0 Å². The van der Waals surface area contributed by atoms with Gasteiger partial charge in [-0.3, -0.25) is 0 Å². The molecular weight excluding hydrogens is 332 g/mol. The molecule has 124 valence electrons. The molecule has 3 aromatic carbocycles. The van der Waals surface area contributed by atoms with Crippen LogP contribution in [-0.4, -0.2) is 17.3 Å². The van der Waals surface area contributed by atoms with Gasteiger partial charge in [-0.05, 0) is 28.5 Å². The molecule has 0 N–H and O–H groups in total. The van der Waals surface area contributed by atoms with Crippen LogP contribution in [0.3, 0.4) is 0 Å². The number of rotatable bonds is 5. The molecule has 0 unspecified atom stereocenters. The van der Waals surface area contributed by atoms with Crippen molar-refractivity contribution >= 4 is 22.5 Å². The number of aromatic nitrogens is 2. The summed E-state index contributed by atoms with van der Waals surface area (Å²) in [7, 11) is 1.63. The fourth-order valence-electron chi connectivity index (χ4n) is 2.76. The van der Waals surface area contributed by atoms with Crippen LogP contribution in [0.25, 0.3) is 22.2 Å². The van der Waals surface area contributed by atoms with Crippen LogP contribution in [0.4, 0.5) is 0 Å². The highest BCUT2D eigenvalue weighted by Gasteiger charge is 2.13. The Morgan fingerprint density at radius 2 is 1.72 bits per heavy atom. The first-order valence-electron chi connectivity index (χ1n) is 7.91. The summed E-state index contributed by atoms with van der Waals surface area (Å²) >= 11 is 1.54. The lowest BCUT2D eigenvalue weighted by Crippen LogP contribution is -1.87. The summed E-state index contributed by atoms with van der Waals surface area (Å²) in [6.45, 7) is 0. The van der Waals surface area contributed by atoms with E-state index in [0.717, 1.165) is 17.1 Å². The molecule has 25 heavy (non-hydrogen) atoms. The molecule has 0 spiro atoms. The molecule has 0 saturated heterocycles. The fourth-order valence-corrected chi connectivity index (χ4v) is 3.52. The summed E-state index contributed by atoms with van der Waals surface area (Å²) in [5, 5.41) is 11.3. The molecule has 1 heterocycles. The molecule has 0 aliphatic carbocycles. The van der Waals surface area contributed by atoms with Crippen LogP contribution < -0.4 is 4.74 Å². The average Bonchev–Trinajstić information content (AvgIpc) is 3.15. The molecule has 0 amide bonds. The van der Waals surface area contributed by atoms with E-state index in [0.29, 0.717) is 11.1 Å². The maximum Gasteiger partial charge on any atom is 0.277 e. The summed E-state index contributed by atoms with van der Waals surface area (Å²) in [6, 6.07) is 22.3. The van der Waals surface area contributed by atoms with Crippen LogP contribution in [0.15, 0.2) is 76.4 Å². The van der Waals surface area contributed by atoms with E-state index in [1.165, 1.54) is 28.1 Å². The molecule has 0 saturated carbocycles. The first-order valence-corrected chi connectivity index (χ1v) is 8.90. The lowest BCUT2D eigenvalue weighted by Gasteiger charge is -2.04. The van der Waals surface area contributed by atoms with Gasteiger partial charge in [-0.25, -0.2) is 0 Å². The van der Waals surface area contributed by atoms with E-state index in [4.69, 9.17) is 9.15 Å². The van der Waals surface area contributed by atoms with Crippen molar-refractivity contribution < 1.29 is 9.15 Å². The maximum absolute atomic E-state index is 5.81. The van der Waals surface area contributed by atoms with Gasteiger partial charge >= 0.3 is 0 Å². The molecule has 0 fully saturated rings. The van der Waals surface area contributed by atoms with Crippen molar-refractivity contribution in [2.24, 2.45) is 0 Å². The normalized spacial score (nSPS) is 10.9. The lowest BCUT2D eigenvalue weighted by atomic mass is 10.1. The van der Waals surface area contributed by atoms with Crippen LogP contribution >= 0.6 is 11.8 Å². The monoisotopic (exact) mass is 348 g/mol. The van der Waals surface area contributed by atoms with Crippen molar-refractivity contribution in [3.8, 4) is 17.2 Å². The Labute approximate surface area is 149 Å². The summed E-state index contributed by atoms with van der Waals surface area (Å²) in [5.41, 5.74) is 2.05. The van der Waals surface area contributed by atoms with E-state index >= 15 is 0 Å². The van der Waals surface area contributed by atoms with E-state index in [-0.39, 0.29) is 0 Å². The van der Waals surface area contributed by atoms with Crippen LogP contribution in [0.5, 0.6) is 5.75 Å². The molecule has 0 radical (unpaired) electrons. The predicted molar refractivity (Wildman–Crippen MR) is 99.8 cm³/mol. The topological polar surface area (TPSA) is 48.2 Å². The van der Waals surface area contributed by atoms with Gasteiger partial charge in [0.15, 0.2) is 0 Å². The largest absolute Gasteiger partial charge is 0.496 e. The Hall–Kier alpha value is -2.79. The van der Waals surface area contributed by atoms with Gasteiger partial charge in [0, 0.05) is 5.75 Å². The number of nitrogens with zero attached hydrogens (tertiary/aromatic N) is 2. The zero-order valence-corrected chi connectivity index (χ0v) is 14.5. The van der Waals surface area contributed by atoms with Crippen LogP contribution in [0.2, 0.25) is 0 Å². The van der Waals surface area contributed by atoms with Crippen LogP contribution in [-0.2, 0) is 5.75 Å². The van der Waals surface area contributed by atoms with Gasteiger partial charge in [0.05, 0.1) is 12.7 Å². The first kappa shape index (κ1) is 15.7. The van der Waals surface area contributed by atoms with Crippen molar-refractivity contribution in [3.63, 3.8) is 0 Å². The van der Waals surface area contributed by atoms with Gasteiger partial charge in [0.2, 0.25) is 0 Å². The number of thioether (sulfide) groups is 1. The number of benzene rings is 3.